The Bertz CT molecular complexity index is 690. The van der Waals surface area contributed by atoms with Gasteiger partial charge in [0.05, 0.1) is 5.71 Å². The summed E-state index contributed by atoms with van der Waals surface area (Å²) in [6, 6.07) is 14.5. The molecule has 1 aliphatic heterocycles. The summed E-state index contributed by atoms with van der Waals surface area (Å²) in [5.74, 6) is -0.220. The van der Waals surface area contributed by atoms with Gasteiger partial charge in [0.25, 0.3) is 0 Å². The van der Waals surface area contributed by atoms with Gasteiger partial charge in [-0.25, -0.2) is 4.39 Å². The Labute approximate surface area is 147 Å². The van der Waals surface area contributed by atoms with Gasteiger partial charge in [0.15, 0.2) is 0 Å². The highest BCUT2D eigenvalue weighted by atomic mass is 35.5. The molecule has 3 rings (SSSR count). The molecule has 24 heavy (non-hydrogen) atoms. The molecule has 3 nitrogen and oxygen atoms in total. The van der Waals surface area contributed by atoms with Crippen molar-refractivity contribution in [2.45, 2.75) is 13.5 Å². The molecule has 0 radical (unpaired) electrons. The summed E-state index contributed by atoms with van der Waals surface area (Å²) in [6.07, 6.45) is 0. The van der Waals surface area contributed by atoms with Gasteiger partial charge in [0, 0.05) is 37.7 Å². The lowest BCUT2D eigenvalue weighted by atomic mass is 10.1. The van der Waals surface area contributed by atoms with Crippen LogP contribution in [0.1, 0.15) is 18.1 Å². The Morgan fingerprint density at radius 2 is 1.62 bits per heavy atom. The van der Waals surface area contributed by atoms with Gasteiger partial charge in [-0.1, -0.05) is 35.9 Å². The second-order valence-corrected chi connectivity index (χ2v) is 6.49. The molecule has 2 aromatic carbocycles. The van der Waals surface area contributed by atoms with Crippen LogP contribution in [0, 0.1) is 5.82 Å². The molecule has 0 aromatic heterocycles. The first kappa shape index (κ1) is 16.9. The fourth-order valence-electron chi connectivity index (χ4n) is 2.80. The van der Waals surface area contributed by atoms with Crippen molar-refractivity contribution in [1.82, 2.24) is 9.91 Å². The largest absolute Gasteiger partial charge is 0.295 e. The first-order valence-electron chi connectivity index (χ1n) is 8.13. The predicted molar refractivity (Wildman–Crippen MR) is 96.9 cm³/mol. The molecule has 0 bridgehead atoms. The van der Waals surface area contributed by atoms with Gasteiger partial charge < -0.3 is 0 Å². The number of benzene rings is 2. The van der Waals surface area contributed by atoms with Gasteiger partial charge in [0.1, 0.15) is 5.82 Å². The maximum absolute atomic E-state index is 13.0. The molecule has 1 fully saturated rings. The molecule has 1 heterocycles. The van der Waals surface area contributed by atoms with E-state index >= 15 is 0 Å². The van der Waals surface area contributed by atoms with Crippen molar-refractivity contribution in [3.8, 4) is 0 Å². The molecule has 0 aliphatic carbocycles. The van der Waals surface area contributed by atoms with Crippen molar-refractivity contribution in [1.29, 1.82) is 0 Å². The van der Waals surface area contributed by atoms with E-state index in [2.05, 4.69) is 27.1 Å². The van der Waals surface area contributed by atoms with Gasteiger partial charge >= 0.3 is 0 Å². The summed E-state index contributed by atoms with van der Waals surface area (Å²) in [6.45, 7) is 6.64. The number of hydrazone groups is 1. The van der Waals surface area contributed by atoms with Gasteiger partial charge in [-0.2, -0.15) is 5.10 Å². The fraction of sp³-hybridized carbons (Fsp3) is 0.316. The van der Waals surface area contributed by atoms with Crippen molar-refractivity contribution in [3.63, 3.8) is 0 Å². The average Bonchev–Trinajstić information content (AvgIpc) is 2.59. The van der Waals surface area contributed by atoms with Crippen molar-refractivity contribution < 1.29 is 4.39 Å². The van der Waals surface area contributed by atoms with E-state index in [1.165, 1.54) is 17.7 Å². The summed E-state index contributed by atoms with van der Waals surface area (Å²) in [7, 11) is 0. The molecule has 0 amide bonds. The molecule has 0 saturated carbocycles. The Morgan fingerprint density at radius 3 is 2.25 bits per heavy atom. The number of halogens is 2. The van der Waals surface area contributed by atoms with Crippen LogP contribution in [0.4, 0.5) is 4.39 Å². The molecular weight excluding hydrogens is 325 g/mol. The van der Waals surface area contributed by atoms with Crippen molar-refractivity contribution in [2.24, 2.45) is 5.10 Å². The third-order valence-corrected chi connectivity index (χ3v) is 4.47. The van der Waals surface area contributed by atoms with E-state index in [1.54, 1.807) is 12.1 Å². The van der Waals surface area contributed by atoms with Gasteiger partial charge in [-0.3, -0.25) is 9.91 Å². The maximum Gasteiger partial charge on any atom is 0.123 e. The first-order chi connectivity index (χ1) is 11.6. The second-order valence-electron chi connectivity index (χ2n) is 6.05. The van der Waals surface area contributed by atoms with Crippen LogP contribution in [0.15, 0.2) is 53.6 Å². The predicted octanol–water partition coefficient (Wildman–Crippen LogP) is 4.02. The number of piperazine rings is 1. The lowest BCUT2D eigenvalue weighted by Gasteiger charge is -2.33. The fourth-order valence-corrected chi connectivity index (χ4v) is 2.93. The Hall–Kier alpha value is -1.91. The molecule has 2 aromatic rings. The summed E-state index contributed by atoms with van der Waals surface area (Å²) < 4.78 is 13.0. The van der Waals surface area contributed by atoms with Crippen LogP contribution in [-0.2, 0) is 6.54 Å². The molecule has 0 spiro atoms. The molecule has 0 atom stereocenters. The Kier molecular flexibility index (Phi) is 5.48. The highest BCUT2D eigenvalue weighted by Crippen LogP contribution is 2.13. The summed E-state index contributed by atoms with van der Waals surface area (Å²) in [4.78, 5) is 2.42. The SMILES string of the molecule is C/C(=N/N1CCN(Cc2ccc(Cl)cc2)CC1)c1ccc(F)cc1. The van der Waals surface area contributed by atoms with Crippen LogP contribution in [0.2, 0.25) is 5.02 Å². The van der Waals surface area contributed by atoms with E-state index in [9.17, 15) is 4.39 Å². The summed E-state index contributed by atoms with van der Waals surface area (Å²) in [5.41, 5.74) is 3.15. The number of hydrogen-bond acceptors (Lipinski definition) is 3. The number of nitrogens with zero attached hydrogens (tertiary/aromatic N) is 3. The lowest BCUT2D eigenvalue weighted by molar-refractivity contribution is 0.130. The highest BCUT2D eigenvalue weighted by molar-refractivity contribution is 6.30. The summed E-state index contributed by atoms with van der Waals surface area (Å²) in [5, 5.41) is 7.54. The van der Waals surface area contributed by atoms with Crippen molar-refractivity contribution >= 4 is 17.3 Å². The minimum atomic E-state index is -0.220. The van der Waals surface area contributed by atoms with E-state index in [0.29, 0.717) is 0 Å². The van der Waals surface area contributed by atoms with E-state index < -0.39 is 0 Å². The molecule has 0 N–H and O–H groups in total. The molecule has 1 saturated heterocycles. The van der Waals surface area contributed by atoms with Crippen LogP contribution in [0.5, 0.6) is 0 Å². The zero-order valence-electron chi connectivity index (χ0n) is 13.8. The molecule has 126 valence electrons. The van der Waals surface area contributed by atoms with Gasteiger partial charge in [-0.05, 0) is 42.3 Å². The smallest absolute Gasteiger partial charge is 0.123 e. The van der Waals surface area contributed by atoms with Crippen LogP contribution in [0.25, 0.3) is 0 Å². The third-order valence-electron chi connectivity index (χ3n) is 4.22. The standard InChI is InChI=1S/C19H21ClFN3/c1-15(17-4-8-19(21)9-5-17)22-24-12-10-23(11-13-24)14-16-2-6-18(20)7-3-16/h2-9H,10-14H2,1H3/b22-15-. The molecule has 1 aliphatic rings. The topological polar surface area (TPSA) is 18.8 Å². The Morgan fingerprint density at radius 1 is 1.00 bits per heavy atom. The van der Waals surface area contributed by atoms with Gasteiger partial charge in [0.2, 0.25) is 0 Å². The Balaban J connectivity index is 1.53. The zero-order chi connectivity index (χ0) is 16.9. The lowest BCUT2D eigenvalue weighted by Crippen LogP contribution is -2.43. The van der Waals surface area contributed by atoms with E-state index in [-0.39, 0.29) is 5.82 Å². The van der Waals surface area contributed by atoms with Crippen molar-refractivity contribution in [2.75, 3.05) is 26.2 Å². The molecular formula is C19H21ClFN3. The van der Waals surface area contributed by atoms with E-state index in [1.807, 2.05) is 19.1 Å². The molecule has 5 heteroatoms. The molecule has 0 unspecified atom stereocenters. The first-order valence-corrected chi connectivity index (χ1v) is 8.51. The van der Waals surface area contributed by atoms with Crippen LogP contribution in [0.3, 0.4) is 0 Å². The van der Waals surface area contributed by atoms with E-state index in [0.717, 1.165) is 49.0 Å². The maximum atomic E-state index is 13.0. The van der Waals surface area contributed by atoms with Crippen LogP contribution < -0.4 is 0 Å². The number of hydrogen-bond donors (Lipinski definition) is 0. The second kappa shape index (κ2) is 7.77. The zero-order valence-corrected chi connectivity index (χ0v) is 14.5. The quantitative estimate of drug-likeness (QED) is 0.779. The highest BCUT2D eigenvalue weighted by Gasteiger charge is 2.16. The average molecular weight is 346 g/mol. The number of rotatable bonds is 4. The normalized spacial score (nSPS) is 16.5. The monoisotopic (exact) mass is 345 g/mol. The van der Waals surface area contributed by atoms with Crippen LogP contribution >= 0.6 is 11.6 Å². The van der Waals surface area contributed by atoms with Crippen LogP contribution in [-0.4, -0.2) is 41.8 Å². The van der Waals surface area contributed by atoms with E-state index in [4.69, 9.17) is 11.6 Å². The van der Waals surface area contributed by atoms with Gasteiger partial charge in [-0.15, -0.1) is 0 Å². The minimum Gasteiger partial charge on any atom is -0.295 e. The summed E-state index contributed by atoms with van der Waals surface area (Å²) >= 11 is 5.93. The minimum absolute atomic E-state index is 0.220. The third kappa shape index (κ3) is 4.56. The van der Waals surface area contributed by atoms with Crippen molar-refractivity contribution in [3.05, 3.63) is 70.5 Å².